The molecule has 0 aliphatic carbocycles. The Balaban J connectivity index is 1.70. The molecule has 1 aliphatic rings. The van der Waals surface area contributed by atoms with Gasteiger partial charge in [0.2, 0.25) is 5.95 Å². The minimum atomic E-state index is -1.26. The first-order valence-electron chi connectivity index (χ1n) is 8.55. The lowest BCUT2D eigenvalue weighted by molar-refractivity contribution is -0.0511. The van der Waals surface area contributed by atoms with Gasteiger partial charge < -0.3 is 35.8 Å². The van der Waals surface area contributed by atoms with Crippen molar-refractivity contribution in [1.82, 2.24) is 19.5 Å². The third-order valence-electron chi connectivity index (χ3n) is 4.58. The number of methoxy groups -OCH3 is 1. The number of imidazole rings is 1. The first-order chi connectivity index (χ1) is 13.5. The third kappa shape index (κ3) is 3.10. The van der Waals surface area contributed by atoms with E-state index in [9.17, 15) is 15.3 Å². The number of rotatable bonds is 5. The number of nitrogens with two attached hydrogens (primary N) is 1. The first kappa shape index (κ1) is 18.4. The summed E-state index contributed by atoms with van der Waals surface area (Å²) < 4.78 is 12.1. The summed E-state index contributed by atoms with van der Waals surface area (Å²) in [7, 11) is 1.58. The van der Waals surface area contributed by atoms with E-state index in [1.165, 1.54) is 10.9 Å². The van der Waals surface area contributed by atoms with Crippen LogP contribution in [0, 0.1) is 0 Å². The molecule has 0 radical (unpaired) electrons. The van der Waals surface area contributed by atoms with Crippen LogP contribution in [0.5, 0.6) is 5.75 Å². The number of aromatic nitrogens is 4. The highest BCUT2D eigenvalue weighted by atomic mass is 16.6. The van der Waals surface area contributed by atoms with Crippen LogP contribution in [0.15, 0.2) is 30.6 Å². The van der Waals surface area contributed by atoms with Crippen molar-refractivity contribution in [2.75, 3.05) is 24.8 Å². The second kappa shape index (κ2) is 7.20. The van der Waals surface area contributed by atoms with Crippen LogP contribution in [0.2, 0.25) is 0 Å². The van der Waals surface area contributed by atoms with E-state index >= 15 is 0 Å². The number of nitrogens with one attached hydrogen (secondary N) is 1. The summed E-state index contributed by atoms with van der Waals surface area (Å²) in [5.41, 5.74) is 7.31. The number of hydrogen-bond acceptors (Lipinski definition) is 10. The molecule has 11 nitrogen and oxygen atoms in total. The number of fused-ring (bicyclic) bond motifs is 1. The lowest BCUT2D eigenvalue weighted by atomic mass is 10.1. The Hall–Kier alpha value is -2.99. The monoisotopic (exact) mass is 388 g/mol. The summed E-state index contributed by atoms with van der Waals surface area (Å²) in [5.74, 6) is 1.08. The van der Waals surface area contributed by atoms with Crippen LogP contribution in [0.25, 0.3) is 11.2 Å². The van der Waals surface area contributed by atoms with E-state index < -0.39 is 31.1 Å². The van der Waals surface area contributed by atoms with Gasteiger partial charge in [-0.25, -0.2) is 4.98 Å². The van der Waals surface area contributed by atoms with Gasteiger partial charge in [0.05, 0.1) is 20.0 Å². The van der Waals surface area contributed by atoms with Crippen LogP contribution < -0.4 is 15.8 Å². The Kier molecular flexibility index (Phi) is 4.73. The second-order valence-corrected chi connectivity index (χ2v) is 6.34. The number of ether oxygens (including phenoxy) is 2. The first-order valence-corrected chi connectivity index (χ1v) is 8.55. The molecule has 0 unspecified atom stereocenters. The van der Waals surface area contributed by atoms with Gasteiger partial charge in [0.25, 0.3) is 0 Å². The zero-order valence-corrected chi connectivity index (χ0v) is 14.9. The molecule has 3 heterocycles. The smallest absolute Gasteiger partial charge is 0.224 e. The Morgan fingerprint density at radius 1 is 1.21 bits per heavy atom. The van der Waals surface area contributed by atoms with Crippen molar-refractivity contribution < 1.29 is 24.8 Å². The molecule has 4 atom stereocenters. The number of nitrogens with zero attached hydrogens (tertiary/aromatic N) is 4. The van der Waals surface area contributed by atoms with Gasteiger partial charge in [0.1, 0.15) is 24.1 Å². The fourth-order valence-electron chi connectivity index (χ4n) is 3.13. The number of aliphatic hydroxyl groups excluding tert-OH is 3. The third-order valence-corrected chi connectivity index (χ3v) is 4.58. The molecule has 2 aromatic heterocycles. The lowest BCUT2D eigenvalue weighted by Gasteiger charge is -2.16. The molecule has 3 aromatic rings. The van der Waals surface area contributed by atoms with E-state index in [4.69, 9.17) is 15.2 Å². The highest BCUT2D eigenvalue weighted by Gasteiger charge is 2.44. The molecule has 0 bridgehead atoms. The molecule has 4 rings (SSSR count). The normalized spacial score (nSPS) is 24.6. The van der Waals surface area contributed by atoms with Crippen molar-refractivity contribution in [3.05, 3.63) is 30.6 Å². The van der Waals surface area contributed by atoms with Crippen LogP contribution >= 0.6 is 0 Å². The standard InChI is InChI=1S/C17H20N6O5/c1-27-9-4-2-8(3-5-9)20-14-11-15(22-17(18)21-14)23(7-19-11)16-13(26)12(25)10(6-24)28-16/h2-5,7,10,12-13,16,24-26H,6H2,1H3,(H3,18,20,21,22)/t10-,12+,13-,16+/m0/s1. The molecule has 1 aromatic carbocycles. The lowest BCUT2D eigenvalue weighted by Crippen LogP contribution is -2.33. The fourth-order valence-corrected chi connectivity index (χ4v) is 3.13. The second-order valence-electron chi connectivity index (χ2n) is 6.34. The summed E-state index contributed by atoms with van der Waals surface area (Å²) >= 11 is 0. The van der Waals surface area contributed by atoms with Gasteiger partial charge >= 0.3 is 0 Å². The summed E-state index contributed by atoms with van der Waals surface area (Å²) in [6.45, 7) is -0.428. The van der Waals surface area contributed by atoms with E-state index in [2.05, 4.69) is 20.3 Å². The van der Waals surface area contributed by atoms with Crippen LogP contribution in [-0.4, -0.2) is 66.9 Å². The van der Waals surface area contributed by atoms with Crippen LogP contribution in [0.4, 0.5) is 17.5 Å². The molecule has 0 amide bonds. The van der Waals surface area contributed by atoms with E-state index in [1.807, 2.05) is 12.1 Å². The van der Waals surface area contributed by atoms with Crippen molar-refractivity contribution in [3.8, 4) is 5.75 Å². The van der Waals surface area contributed by atoms with Gasteiger partial charge in [-0.3, -0.25) is 4.57 Å². The van der Waals surface area contributed by atoms with Crippen molar-refractivity contribution in [2.24, 2.45) is 0 Å². The number of benzene rings is 1. The van der Waals surface area contributed by atoms with Crippen LogP contribution in [-0.2, 0) is 4.74 Å². The Labute approximate surface area is 159 Å². The molecule has 6 N–H and O–H groups in total. The average molecular weight is 388 g/mol. The number of anilines is 3. The predicted molar refractivity (Wildman–Crippen MR) is 99.0 cm³/mol. The molecule has 1 aliphatic heterocycles. The number of nitrogen functional groups attached to an aromatic ring is 1. The molecule has 0 saturated carbocycles. The molecular weight excluding hydrogens is 368 g/mol. The topological polar surface area (TPSA) is 161 Å². The zero-order valence-electron chi connectivity index (χ0n) is 14.9. The minimum absolute atomic E-state index is 0.00277. The highest BCUT2D eigenvalue weighted by molar-refractivity contribution is 5.86. The largest absolute Gasteiger partial charge is 0.497 e. The van der Waals surface area contributed by atoms with Crippen molar-refractivity contribution in [2.45, 2.75) is 24.5 Å². The Bertz CT molecular complexity index is 978. The Morgan fingerprint density at radius 3 is 2.61 bits per heavy atom. The van der Waals surface area contributed by atoms with Gasteiger partial charge in [0.15, 0.2) is 23.2 Å². The maximum atomic E-state index is 10.3. The van der Waals surface area contributed by atoms with Crippen molar-refractivity contribution >= 4 is 28.6 Å². The molecule has 1 fully saturated rings. The Morgan fingerprint density at radius 2 is 1.96 bits per heavy atom. The maximum Gasteiger partial charge on any atom is 0.224 e. The maximum absolute atomic E-state index is 10.3. The fraction of sp³-hybridized carbons (Fsp3) is 0.353. The molecular formula is C17H20N6O5. The number of aliphatic hydroxyl groups is 3. The van der Waals surface area contributed by atoms with E-state index in [0.717, 1.165) is 5.69 Å². The average Bonchev–Trinajstić information content (AvgIpc) is 3.23. The van der Waals surface area contributed by atoms with E-state index in [0.29, 0.717) is 22.7 Å². The summed E-state index contributed by atoms with van der Waals surface area (Å²) in [6.07, 6.45) is -2.96. The quantitative estimate of drug-likeness (QED) is 0.395. The molecule has 28 heavy (non-hydrogen) atoms. The summed E-state index contributed by atoms with van der Waals surface area (Å²) in [4.78, 5) is 12.7. The van der Waals surface area contributed by atoms with Crippen LogP contribution in [0.3, 0.4) is 0 Å². The van der Waals surface area contributed by atoms with E-state index in [1.54, 1.807) is 19.2 Å². The van der Waals surface area contributed by atoms with Gasteiger partial charge in [-0.15, -0.1) is 0 Å². The van der Waals surface area contributed by atoms with Crippen molar-refractivity contribution in [3.63, 3.8) is 0 Å². The number of hydrogen-bond donors (Lipinski definition) is 5. The minimum Gasteiger partial charge on any atom is -0.497 e. The van der Waals surface area contributed by atoms with E-state index in [-0.39, 0.29) is 5.95 Å². The molecule has 1 saturated heterocycles. The van der Waals surface area contributed by atoms with Gasteiger partial charge in [0, 0.05) is 5.69 Å². The highest BCUT2D eigenvalue weighted by Crippen LogP contribution is 2.33. The van der Waals surface area contributed by atoms with Crippen molar-refractivity contribution in [1.29, 1.82) is 0 Å². The summed E-state index contributed by atoms with van der Waals surface area (Å²) in [6, 6.07) is 7.21. The summed E-state index contributed by atoms with van der Waals surface area (Å²) in [5, 5.41) is 32.7. The zero-order chi connectivity index (χ0) is 19.8. The molecule has 11 heteroatoms. The molecule has 0 spiro atoms. The van der Waals surface area contributed by atoms with Crippen LogP contribution in [0.1, 0.15) is 6.23 Å². The van der Waals surface area contributed by atoms with Gasteiger partial charge in [-0.05, 0) is 24.3 Å². The van der Waals surface area contributed by atoms with Gasteiger partial charge in [-0.1, -0.05) is 0 Å². The predicted octanol–water partition coefficient (Wildman–Crippen LogP) is -0.228. The van der Waals surface area contributed by atoms with Gasteiger partial charge in [-0.2, -0.15) is 9.97 Å². The molecule has 148 valence electrons. The SMILES string of the molecule is COc1ccc(Nc2nc(N)nc3c2ncn3[C@@H]2O[C@@H](CO)[C@@H](O)[C@@H]2O)cc1.